The molecule has 2 unspecified atom stereocenters. The van der Waals surface area contributed by atoms with E-state index in [4.69, 9.17) is 4.74 Å². The molecule has 2 aliphatic rings. The van der Waals surface area contributed by atoms with Gasteiger partial charge in [0, 0.05) is 12.6 Å². The first kappa shape index (κ1) is 10.4. The van der Waals surface area contributed by atoms with E-state index in [0.717, 1.165) is 19.1 Å². The maximum absolute atomic E-state index is 5.88. The third-order valence-electron chi connectivity index (χ3n) is 3.73. The van der Waals surface area contributed by atoms with Crippen LogP contribution in [-0.2, 0) is 4.74 Å². The average molecular weight is 197 g/mol. The first-order valence-corrected chi connectivity index (χ1v) is 6.23. The van der Waals surface area contributed by atoms with Crippen molar-refractivity contribution in [1.29, 1.82) is 0 Å². The Hall–Kier alpha value is -0.0800. The van der Waals surface area contributed by atoms with Gasteiger partial charge in [-0.25, -0.2) is 0 Å². The molecule has 1 saturated heterocycles. The second kappa shape index (κ2) is 5.13. The van der Waals surface area contributed by atoms with Gasteiger partial charge in [0.1, 0.15) is 0 Å². The van der Waals surface area contributed by atoms with Gasteiger partial charge in [-0.05, 0) is 18.8 Å². The Morgan fingerprint density at radius 3 is 2.64 bits per heavy atom. The maximum atomic E-state index is 5.88. The van der Waals surface area contributed by atoms with E-state index in [1.165, 1.54) is 38.5 Å². The number of nitrogens with one attached hydrogen (secondary N) is 1. The summed E-state index contributed by atoms with van der Waals surface area (Å²) in [5, 5.41) is 3.57. The molecule has 1 heterocycles. The molecule has 0 bridgehead atoms. The summed E-state index contributed by atoms with van der Waals surface area (Å²) >= 11 is 0. The molecule has 1 saturated carbocycles. The first-order valence-electron chi connectivity index (χ1n) is 6.23. The molecule has 0 aromatic heterocycles. The quantitative estimate of drug-likeness (QED) is 0.750. The van der Waals surface area contributed by atoms with Crippen molar-refractivity contribution in [3.05, 3.63) is 0 Å². The van der Waals surface area contributed by atoms with Crippen LogP contribution in [0, 0.1) is 5.92 Å². The monoisotopic (exact) mass is 197 g/mol. The number of rotatable bonds is 3. The fraction of sp³-hybridized carbons (Fsp3) is 1.00. The van der Waals surface area contributed by atoms with Crippen LogP contribution in [0.25, 0.3) is 0 Å². The number of hydrogen-bond donors (Lipinski definition) is 1. The summed E-state index contributed by atoms with van der Waals surface area (Å²) in [7, 11) is 0. The molecule has 1 N–H and O–H groups in total. The molecule has 14 heavy (non-hydrogen) atoms. The molecule has 1 aliphatic carbocycles. The van der Waals surface area contributed by atoms with E-state index in [1.54, 1.807) is 0 Å². The third-order valence-corrected chi connectivity index (χ3v) is 3.73. The largest absolute Gasteiger partial charge is 0.375 e. The van der Waals surface area contributed by atoms with Crippen molar-refractivity contribution in [2.75, 3.05) is 13.2 Å². The fourth-order valence-electron chi connectivity index (χ4n) is 2.70. The Labute approximate surface area is 87.4 Å². The number of morpholine rings is 1. The van der Waals surface area contributed by atoms with Crippen LogP contribution in [0.1, 0.15) is 45.4 Å². The average Bonchev–Trinajstić information content (AvgIpc) is 2.72. The van der Waals surface area contributed by atoms with Gasteiger partial charge < -0.3 is 10.1 Å². The molecule has 2 rings (SSSR count). The molecule has 2 heteroatoms. The van der Waals surface area contributed by atoms with Crippen LogP contribution in [0.5, 0.6) is 0 Å². The summed E-state index contributed by atoms with van der Waals surface area (Å²) in [4.78, 5) is 0. The highest BCUT2D eigenvalue weighted by Crippen LogP contribution is 2.29. The van der Waals surface area contributed by atoms with Gasteiger partial charge in [-0.1, -0.05) is 32.6 Å². The molecule has 0 amide bonds. The number of ether oxygens (including phenoxy) is 1. The Morgan fingerprint density at radius 1 is 1.29 bits per heavy atom. The predicted molar refractivity (Wildman–Crippen MR) is 58.4 cm³/mol. The molecular formula is C12H23NO. The van der Waals surface area contributed by atoms with Crippen molar-refractivity contribution in [3.8, 4) is 0 Å². The lowest BCUT2D eigenvalue weighted by atomic mass is 9.99. The van der Waals surface area contributed by atoms with Gasteiger partial charge in [-0.3, -0.25) is 0 Å². The van der Waals surface area contributed by atoms with Gasteiger partial charge in [0.2, 0.25) is 0 Å². The molecule has 2 nitrogen and oxygen atoms in total. The molecule has 0 aromatic rings. The Balaban J connectivity index is 1.67. The minimum absolute atomic E-state index is 0.501. The minimum Gasteiger partial charge on any atom is -0.375 e. The predicted octanol–water partition coefficient (Wildman–Crippen LogP) is 2.33. The summed E-state index contributed by atoms with van der Waals surface area (Å²) in [5.74, 6) is 0.958. The maximum Gasteiger partial charge on any atom is 0.0703 e. The van der Waals surface area contributed by atoms with Crippen molar-refractivity contribution in [1.82, 2.24) is 5.32 Å². The van der Waals surface area contributed by atoms with E-state index < -0.39 is 0 Å². The minimum atomic E-state index is 0.501. The van der Waals surface area contributed by atoms with Gasteiger partial charge in [0.25, 0.3) is 0 Å². The Bertz CT molecular complexity index is 158. The second-order valence-electron chi connectivity index (χ2n) is 4.85. The molecule has 0 aromatic carbocycles. The SMILES string of the molecule is CCC1COC(CC2CCCC2)CN1. The van der Waals surface area contributed by atoms with Crippen molar-refractivity contribution < 1.29 is 4.74 Å². The molecular weight excluding hydrogens is 174 g/mol. The van der Waals surface area contributed by atoms with Crippen LogP contribution in [0.2, 0.25) is 0 Å². The van der Waals surface area contributed by atoms with Crippen LogP contribution in [0.4, 0.5) is 0 Å². The van der Waals surface area contributed by atoms with Crippen LogP contribution in [0.15, 0.2) is 0 Å². The Morgan fingerprint density at radius 2 is 2.07 bits per heavy atom. The highest BCUT2D eigenvalue weighted by Gasteiger charge is 2.24. The normalized spacial score (nSPS) is 34.9. The van der Waals surface area contributed by atoms with Gasteiger partial charge in [0.05, 0.1) is 12.7 Å². The molecule has 82 valence electrons. The van der Waals surface area contributed by atoms with E-state index in [9.17, 15) is 0 Å². The number of hydrogen-bond acceptors (Lipinski definition) is 2. The van der Waals surface area contributed by atoms with E-state index >= 15 is 0 Å². The van der Waals surface area contributed by atoms with Crippen LogP contribution in [0.3, 0.4) is 0 Å². The van der Waals surface area contributed by atoms with Crippen LogP contribution < -0.4 is 5.32 Å². The summed E-state index contributed by atoms with van der Waals surface area (Å²) in [5.41, 5.74) is 0. The zero-order chi connectivity index (χ0) is 9.80. The zero-order valence-corrected chi connectivity index (χ0v) is 9.30. The van der Waals surface area contributed by atoms with Crippen molar-refractivity contribution >= 4 is 0 Å². The van der Waals surface area contributed by atoms with E-state index in [2.05, 4.69) is 12.2 Å². The molecule has 0 spiro atoms. The lowest BCUT2D eigenvalue weighted by Crippen LogP contribution is -2.46. The third kappa shape index (κ3) is 2.71. The van der Waals surface area contributed by atoms with E-state index in [-0.39, 0.29) is 0 Å². The highest BCUT2D eigenvalue weighted by molar-refractivity contribution is 4.78. The lowest BCUT2D eigenvalue weighted by molar-refractivity contribution is -0.00895. The zero-order valence-electron chi connectivity index (χ0n) is 9.30. The summed E-state index contributed by atoms with van der Waals surface area (Å²) in [6, 6.07) is 0.606. The lowest BCUT2D eigenvalue weighted by Gasteiger charge is -2.31. The van der Waals surface area contributed by atoms with Crippen LogP contribution in [-0.4, -0.2) is 25.3 Å². The summed E-state index contributed by atoms with van der Waals surface area (Å²) < 4.78 is 5.88. The van der Waals surface area contributed by atoms with Gasteiger partial charge in [-0.2, -0.15) is 0 Å². The standard InChI is InChI=1S/C12H23NO/c1-2-11-9-14-12(8-13-11)7-10-5-3-4-6-10/h10-13H,2-9H2,1H3. The summed E-state index contributed by atoms with van der Waals surface area (Å²) in [6.07, 6.45) is 8.76. The highest BCUT2D eigenvalue weighted by atomic mass is 16.5. The van der Waals surface area contributed by atoms with Gasteiger partial charge >= 0.3 is 0 Å². The van der Waals surface area contributed by atoms with Crippen molar-refractivity contribution in [2.45, 2.75) is 57.6 Å². The van der Waals surface area contributed by atoms with Gasteiger partial charge in [-0.15, -0.1) is 0 Å². The molecule has 1 aliphatic heterocycles. The topological polar surface area (TPSA) is 21.3 Å². The molecule has 0 radical (unpaired) electrons. The molecule has 2 atom stereocenters. The molecule has 2 fully saturated rings. The second-order valence-corrected chi connectivity index (χ2v) is 4.85. The fourth-order valence-corrected chi connectivity index (χ4v) is 2.70. The Kier molecular flexibility index (Phi) is 3.82. The van der Waals surface area contributed by atoms with Crippen molar-refractivity contribution in [2.24, 2.45) is 5.92 Å². The van der Waals surface area contributed by atoms with Gasteiger partial charge in [0.15, 0.2) is 0 Å². The smallest absolute Gasteiger partial charge is 0.0703 e. The van der Waals surface area contributed by atoms with E-state index in [1.807, 2.05) is 0 Å². The van der Waals surface area contributed by atoms with Crippen LogP contribution >= 0.6 is 0 Å². The van der Waals surface area contributed by atoms with E-state index in [0.29, 0.717) is 12.1 Å². The van der Waals surface area contributed by atoms with Crippen molar-refractivity contribution in [3.63, 3.8) is 0 Å². The summed E-state index contributed by atoms with van der Waals surface area (Å²) in [6.45, 7) is 4.22. The first-order chi connectivity index (χ1) is 6.88.